The van der Waals surface area contributed by atoms with Crippen molar-refractivity contribution in [3.63, 3.8) is 0 Å². The second-order valence-corrected chi connectivity index (χ2v) is 4.44. The molecule has 14 heavy (non-hydrogen) atoms. The van der Waals surface area contributed by atoms with Crippen molar-refractivity contribution in [1.29, 1.82) is 0 Å². The van der Waals surface area contributed by atoms with Crippen molar-refractivity contribution in [2.24, 2.45) is 5.92 Å². The molecule has 0 aromatic rings. The van der Waals surface area contributed by atoms with Crippen LogP contribution in [0.1, 0.15) is 52.9 Å². The van der Waals surface area contributed by atoms with Gasteiger partial charge in [0.25, 0.3) is 0 Å². The summed E-state index contributed by atoms with van der Waals surface area (Å²) in [5.41, 5.74) is 3.33. The van der Waals surface area contributed by atoms with E-state index in [1.54, 1.807) is 11.1 Å². The fourth-order valence-electron chi connectivity index (χ4n) is 1.90. The molecule has 0 amide bonds. The van der Waals surface area contributed by atoms with Gasteiger partial charge in [0.1, 0.15) is 0 Å². The Kier molecular flexibility index (Phi) is 7.42. The fourth-order valence-corrected chi connectivity index (χ4v) is 1.90. The van der Waals surface area contributed by atoms with E-state index in [-0.39, 0.29) is 18.9 Å². The Morgan fingerprint density at radius 1 is 1.36 bits per heavy atom. The van der Waals surface area contributed by atoms with E-state index >= 15 is 0 Å². The van der Waals surface area contributed by atoms with Crippen LogP contribution in [0, 0.1) is 5.92 Å². The SMILES string of the molecule is CCCCC1=C(CC(C)C)C=CC1.[LiH]. The Bertz CT molecular complexity index is 211. The molecule has 0 aromatic heterocycles. The van der Waals surface area contributed by atoms with Crippen LogP contribution >= 0.6 is 0 Å². The number of rotatable bonds is 5. The van der Waals surface area contributed by atoms with Crippen LogP contribution in [0.15, 0.2) is 23.3 Å². The van der Waals surface area contributed by atoms with Gasteiger partial charge in [0.2, 0.25) is 0 Å². The Balaban J connectivity index is 0.00000169. The Morgan fingerprint density at radius 2 is 2.07 bits per heavy atom. The molecule has 0 bridgehead atoms. The Labute approximate surface area is 101 Å². The minimum atomic E-state index is 0. The van der Waals surface area contributed by atoms with Crippen LogP contribution in [0.4, 0.5) is 0 Å². The van der Waals surface area contributed by atoms with E-state index in [9.17, 15) is 0 Å². The van der Waals surface area contributed by atoms with Gasteiger partial charge in [-0.2, -0.15) is 0 Å². The molecule has 76 valence electrons. The van der Waals surface area contributed by atoms with Crippen molar-refractivity contribution in [2.75, 3.05) is 0 Å². The quantitative estimate of drug-likeness (QED) is 0.572. The van der Waals surface area contributed by atoms with Gasteiger partial charge in [-0.25, -0.2) is 0 Å². The second kappa shape index (κ2) is 7.38. The first-order chi connectivity index (χ1) is 6.24. The molecule has 0 atom stereocenters. The summed E-state index contributed by atoms with van der Waals surface area (Å²) < 4.78 is 0. The Morgan fingerprint density at radius 3 is 2.64 bits per heavy atom. The van der Waals surface area contributed by atoms with Gasteiger partial charge in [0.05, 0.1) is 0 Å². The molecule has 0 fully saturated rings. The van der Waals surface area contributed by atoms with E-state index in [2.05, 4.69) is 32.9 Å². The molecule has 0 radical (unpaired) electrons. The molecule has 1 rings (SSSR count). The summed E-state index contributed by atoms with van der Waals surface area (Å²) in [7, 11) is 0. The molecule has 1 aliphatic rings. The van der Waals surface area contributed by atoms with Crippen LogP contribution in [0.3, 0.4) is 0 Å². The zero-order chi connectivity index (χ0) is 9.68. The first kappa shape index (κ1) is 14.1. The molecule has 1 aliphatic carbocycles. The normalized spacial score (nSPS) is 15.1. The third-order valence-corrected chi connectivity index (χ3v) is 2.60. The van der Waals surface area contributed by atoms with Gasteiger partial charge in [-0.05, 0) is 37.2 Å². The van der Waals surface area contributed by atoms with Crippen LogP contribution in [0.2, 0.25) is 0 Å². The summed E-state index contributed by atoms with van der Waals surface area (Å²) in [5.74, 6) is 0.800. The molecule has 0 nitrogen and oxygen atoms in total. The van der Waals surface area contributed by atoms with Crippen molar-refractivity contribution in [1.82, 2.24) is 0 Å². The predicted molar refractivity (Wildman–Crippen MR) is 66.9 cm³/mol. The molecular weight excluding hydrogens is 163 g/mol. The Hall–Kier alpha value is 0.0774. The van der Waals surface area contributed by atoms with Gasteiger partial charge in [0, 0.05) is 0 Å². The molecule has 0 unspecified atom stereocenters. The first-order valence-electron chi connectivity index (χ1n) is 5.61. The molecule has 0 aromatic carbocycles. The third kappa shape index (κ3) is 4.54. The van der Waals surface area contributed by atoms with E-state index in [0.717, 1.165) is 5.92 Å². The van der Waals surface area contributed by atoms with E-state index < -0.39 is 0 Å². The third-order valence-electron chi connectivity index (χ3n) is 2.60. The summed E-state index contributed by atoms with van der Waals surface area (Å²) in [5, 5.41) is 0. The number of hydrogen-bond acceptors (Lipinski definition) is 0. The zero-order valence-corrected chi connectivity index (χ0v) is 9.27. The van der Waals surface area contributed by atoms with Crippen molar-refractivity contribution >= 4 is 18.9 Å². The number of allylic oxidation sites excluding steroid dienone is 4. The van der Waals surface area contributed by atoms with Gasteiger partial charge in [-0.1, -0.05) is 44.9 Å². The molecule has 0 spiro atoms. The zero-order valence-electron chi connectivity index (χ0n) is 9.27. The van der Waals surface area contributed by atoms with Crippen LogP contribution < -0.4 is 0 Å². The van der Waals surface area contributed by atoms with Crippen molar-refractivity contribution in [2.45, 2.75) is 52.9 Å². The van der Waals surface area contributed by atoms with Crippen molar-refractivity contribution in [3.05, 3.63) is 23.3 Å². The molecule has 0 heterocycles. The predicted octanol–water partition coefficient (Wildman–Crippen LogP) is 3.83. The summed E-state index contributed by atoms with van der Waals surface area (Å²) >= 11 is 0. The molecule has 0 aliphatic heterocycles. The summed E-state index contributed by atoms with van der Waals surface area (Å²) in [6.45, 7) is 6.87. The van der Waals surface area contributed by atoms with Gasteiger partial charge in [-0.15, -0.1) is 0 Å². The fraction of sp³-hybridized carbons (Fsp3) is 0.692. The van der Waals surface area contributed by atoms with Gasteiger partial charge in [0.15, 0.2) is 0 Å². The molecule has 1 heteroatoms. The van der Waals surface area contributed by atoms with Crippen LogP contribution in [-0.2, 0) is 0 Å². The van der Waals surface area contributed by atoms with E-state index in [4.69, 9.17) is 0 Å². The summed E-state index contributed by atoms with van der Waals surface area (Å²) in [6.07, 6.45) is 11.2. The number of hydrogen-bond donors (Lipinski definition) is 0. The van der Waals surface area contributed by atoms with Crippen LogP contribution in [0.25, 0.3) is 0 Å². The topological polar surface area (TPSA) is 0 Å². The van der Waals surface area contributed by atoms with Gasteiger partial charge >= 0.3 is 18.9 Å². The second-order valence-electron chi connectivity index (χ2n) is 4.44. The van der Waals surface area contributed by atoms with E-state index in [1.165, 1.54) is 32.1 Å². The van der Waals surface area contributed by atoms with E-state index in [1.807, 2.05) is 0 Å². The van der Waals surface area contributed by atoms with Gasteiger partial charge in [-0.3, -0.25) is 0 Å². The average molecular weight is 186 g/mol. The van der Waals surface area contributed by atoms with Crippen molar-refractivity contribution in [3.8, 4) is 0 Å². The number of unbranched alkanes of at least 4 members (excludes halogenated alkanes) is 1. The van der Waals surface area contributed by atoms with Crippen molar-refractivity contribution < 1.29 is 0 Å². The molecule has 0 saturated heterocycles. The monoisotopic (exact) mass is 186 g/mol. The van der Waals surface area contributed by atoms with Crippen LogP contribution in [-0.4, -0.2) is 18.9 Å². The average Bonchev–Trinajstić information content (AvgIpc) is 2.48. The molecule has 0 saturated carbocycles. The maximum atomic E-state index is 2.34. The maximum absolute atomic E-state index is 2.34. The minimum absolute atomic E-state index is 0. The molecular formula is C13H23Li. The standard InChI is InChI=1S/C13H22.Li.H/c1-4-5-7-12-8-6-9-13(12)10-11(2)3;;/h6,9,11H,4-5,7-8,10H2,1-3H3;;. The summed E-state index contributed by atoms with van der Waals surface area (Å²) in [4.78, 5) is 0. The molecule has 0 N–H and O–H groups in total. The van der Waals surface area contributed by atoms with E-state index in [0.29, 0.717) is 0 Å². The first-order valence-corrected chi connectivity index (χ1v) is 5.61. The summed E-state index contributed by atoms with van der Waals surface area (Å²) in [6, 6.07) is 0. The van der Waals surface area contributed by atoms with Crippen LogP contribution in [0.5, 0.6) is 0 Å². The van der Waals surface area contributed by atoms with Gasteiger partial charge < -0.3 is 0 Å².